The summed E-state index contributed by atoms with van der Waals surface area (Å²) < 4.78 is 0.929. The van der Waals surface area contributed by atoms with Gasteiger partial charge < -0.3 is 5.73 Å². The van der Waals surface area contributed by atoms with Gasteiger partial charge in [-0.2, -0.15) is 0 Å². The molecule has 0 aliphatic carbocycles. The molecule has 1 rings (SSSR count). The van der Waals surface area contributed by atoms with Crippen LogP contribution in [0.15, 0.2) is 0 Å². The molecular formula is C4H7IN4S. The molecule has 1 aromatic rings. The first kappa shape index (κ1) is 8.18. The number of anilines is 1. The van der Waals surface area contributed by atoms with E-state index in [0.717, 1.165) is 8.58 Å². The Kier molecular flexibility index (Phi) is 2.83. The number of aromatic nitrogens is 1. The predicted molar refractivity (Wildman–Crippen MR) is 50.5 cm³/mol. The maximum Gasteiger partial charge on any atom is 0.198 e. The van der Waals surface area contributed by atoms with E-state index in [0.29, 0.717) is 11.7 Å². The van der Waals surface area contributed by atoms with E-state index in [1.54, 1.807) is 0 Å². The van der Waals surface area contributed by atoms with Gasteiger partial charge in [0.15, 0.2) is 5.13 Å². The second kappa shape index (κ2) is 3.46. The summed E-state index contributed by atoms with van der Waals surface area (Å²) in [6.07, 6.45) is 0. The normalized spacial score (nSPS) is 9.90. The van der Waals surface area contributed by atoms with Crippen molar-refractivity contribution in [2.24, 2.45) is 11.6 Å². The minimum absolute atomic E-state index is 0.525. The van der Waals surface area contributed by atoms with Crippen LogP contribution >= 0.6 is 33.9 Å². The van der Waals surface area contributed by atoms with Gasteiger partial charge in [0.1, 0.15) is 3.70 Å². The molecule has 0 aromatic carbocycles. The van der Waals surface area contributed by atoms with Gasteiger partial charge in [-0.15, -0.1) is 0 Å². The zero-order valence-corrected chi connectivity index (χ0v) is 8.07. The Hall–Kier alpha value is 0.0800. The molecule has 0 aliphatic heterocycles. The molecule has 4 nitrogen and oxygen atoms in total. The second-order valence-corrected chi connectivity index (χ2v) is 3.69. The zero-order chi connectivity index (χ0) is 7.56. The number of hydrogen-bond donors (Lipinski definition) is 3. The van der Waals surface area contributed by atoms with Crippen molar-refractivity contribution in [1.82, 2.24) is 4.98 Å². The summed E-state index contributed by atoms with van der Waals surface area (Å²) in [5.74, 6) is 5.14. The van der Waals surface area contributed by atoms with Crippen LogP contribution in [0.4, 0.5) is 5.13 Å². The molecule has 1 aromatic heterocycles. The lowest BCUT2D eigenvalue weighted by molar-refractivity contribution is 1.08. The number of halogens is 1. The summed E-state index contributed by atoms with van der Waals surface area (Å²) >= 11 is 3.61. The number of hydrogen-bond acceptors (Lipinski definition) is 5. The van der Waals surface area contributed by atoms with Crippen molar-refractivity contribution < 1.29 is 0 Å². The van der Waals surface area contributed by atoms with Crippen LogP contribution in [0.1, 0.15) is 4.88 Å². The average molecular weight is 270 g/mol. The first-order valence-corrected chi connectivity index (χ1v) is 4.49. The highest BCUT2D eigenvalue weighted by molar-refractivity contribution is 14.1. The minimum Gasteiger partial charge on any atom is -0.326 e. The molecule has 0 saturated heterocycles. The third-order valence-electron chi connectivity index (χ3n) is 0.959. The van der Waals surface area contributed by atoms with E-state index >= 15 is 0 Å². The molecule has 0 radical (unpaired) electrons. The lowest BCUT2D eigenvalue weighted by Crippen LogP contribution is -2.05. The third-order valence-corrected chi connectivity index (χ3v) is 3.23. The highest BCUT2D eigenvalue weighted by Crippen LogP contribution is 2.22. The summed E-state index contributed by atoms with van der Waals surface area (Å²) in [7, 11) is 0. The average Bonchev–Trinajstić information content (AvgIpc) is 2.30. The van der Waals surface area contributed by atoms with E-state index in [1.807, 2.05) is 0 Å². The van der Waals surface area contributed by atoms with Crippen molar-refractivity contribution in [3.05, 3.63) is 8.58 Å². The van der Waals surface area contributed by atoms with Gasteiger partial charge in [-0.25, -0.2) is 10.8 Å². The molecule has 0 aliphatic rings. The summed E-state index contributed by atoms with van der Waals surface area (Å²) in [4.78, 5) is 5.15. The Morgan fingerprint density at radius 1 is 1.70 bits per heavy atom. The SMILES string of the molecule is NCc1sc(NN)nc1I. The Balaban J connectivity index is 2.92. The fraction of sp³-hybridized carbons (Fsp3) is 0.250. The molecule has 1 heterocycles. The van der Waals surface area contributed by atoms with Crippen molar-refractivity contribution in [3.8, 4) is 0 Å². The minimum atomic E-state index is 0.525. The van der Waals surface area contributed by atoms with E-state index in [2.05, 4.69) is 33.0 Å². The van der Waals surface area contributed by atoms with Gasteiger partial charge in [-0.05, 0) is 22.6 Å². The predicted octanol–water partition coefficient (Wildman–Crippen LogP) is 0.492. The molecule has 0 fully saturated rings. The van der Waals surface area contributed by atoms with E-state index in [9.17, 15) is 0 Å². The number of nitrogens with one attached hydrogen (secondary N) is 1. The maximum atomic E-state index is 5.42. The number of nitrogen functional groups attached to an aromatic ring is 1. The van der Waals surface area contributed by atoms with E-state index in [1.165, 1.54) is 11.3 Å². The molecule has 0 spiro atoms. The maximum absolute atomic E-state index is 5.42. The summed E-state index contributed by atoms with van der Waals surface area (Å²) in [6, 6.07) is 0. The molecule has 10 heavy (non-hydrogen) atoms. The van der Waals surface area contributed by atoms with Crippen LogP contribution < -0.4 is 17.0 Å². The van der Waals surface area contributed by atoms with Gasteiger partial charge in [-0.1, -0.05) is 11.3 Å². The van der Waals surface area contributed by atoms with Crippen molar-refractivity contribution >= 4 is 39.1 Å². The Labute approximate surface area is 76.1 Å². The molecule has 5 N–H and O–H groups in total. The number of thiazole rings is 1. The topological polar surface area (TPSA) is 77.0 Å². The number of rotatable bonds is 2. The molecule has 0 unspecified atom stereocenters. The molecule has 0 atom stereocenters. The fourth-order valence-electron chi connectivity index (χ4n) is 0.521. The summed E-state index contributed by atoms with van der Waals surface area (Å²) in [5.41, 5.74) is 7.89. The van der Waals surface area contributed by atoms with Crippen LogP contribution in [0.3, 0.4) is 0 Å². The molecular weight excluding hydrogens is 263 g/mol. The monoisotopic (exact) mass is 270 g/mol. The van der Waals surface area contributed by atoms with Gasteiger partial charge in [0.05, 0.1) is 4.88 Å². The molecule has 0 amide bonds. The van der Waals surface area contributed by atoms with Crippen LogP contribution in [0.2, 0.25) is 0 Å². The van der Waals surface area contributed by atoms with Gasteiger partial charge in [0.2, 0.25) is 0 Å². The third kappa shape index (κ3) is 1.57. The van der Waals surface area contributed by atoms with E-state index in [-0.39, 0.29) is 0 Å². The Morgan fingerprint density at radius 3 is 2.70 bits per heavy atom. The molecule has 0 saturated carbocycles. The van der Waals surface area contributed by atoms with Crippen molar-refractivity contribution in [2.45, 2.75) is 6.54 Å². The van der Waals surface area contributed by atoms with Gasteiger partial charge >= 0.3 is 0 Å². The van der Waals surface area contributed by atoms with Crippen LogP contribution in [0, 0.1) is 3.70 Å². The lowest BCUT2D eigenvalue weighted by atomic mass is 10.6. The van der Waals surface area contributed by atoms with Crippen molar-refractivity contribution in [3.63, 3.8) is 0 Å². The Bertz CT molecular complexity index is 223. The smallest absolute Gasteiger partial charge is 0.198 e. The second-order valence-electron chi connectivity index (χ2n) is 1.58. The summed E-state index contributed by atoms with van der Waals surface area (Å²) in [6.45, 7) is 0.525. The van der Waals surface area contributed by atoms with Gasteiger partial charge in [0.25, 0.3) is 0 Å². The highest BCUT2D eigenvalue weighted by atomic mass is 127. The largest absolute Gasteiger partial charge is 0.326 e. The highest BCUT2D eigenvalue weighted by Gasteiger charge is 2.04. The van der Waals surface area contributed by atoms with Crippen LogP contribution in [0.5, 0.6) is 0 Å². The first-order valence-electron chi connectivity index (χ1n) is 2.59. The van der Waals surface area contributed by atoms with Crippen LogP contribution in [-0.4, -0.2) is 4.98 Å². The van der Waals surface area contributed by atoms with Gasteiger partial charge in [-0.3, -0.25) is 5.43 Å². The van der Waals surface area contributed by atoms with Gasteiger partial charge in [0, 0.05) is 6.54 Å². The van der Waals surface area contributed by atoms with Crippen LogP contribution in [-0.2, 0) is 6.54 Å². The lowest BCUT2D eigenvalue weighted by Gasteiger charge is -1.86. The zero-order valence-electron chi connectivity index (χ0n) is 5.10. The fourth-order valence-corrected chi connectivity index (χ4v) is 2.12. The molecule has 56 valence electrons. The van der Waals surface area contributed by atoms with Crippen molar-refractivity contribution in [2.75, 3.05) is 5.43 Å². The summed E-state index contributed by atoms with van der Waals surface area (Å²) in [5, 5.41) is 0.713. The first-order chi connectivity index (χ1) is 4.77. The molecule has 6 heteroatoms. The van der Waals surface area contributed by atoms with Crippen molar-refractivity contribution in [1.29, 1.82) is 0 Å². The number of nitrogens with zero attached hydrogens (tertiary/aromatic N) is 1. The van der Waals surface area contributed by atoms with E-state index < -0.39 is 0 Å². The Morgan fingerprint density at radius 2 is 2.40 bits per heavy atom. The molecule has 0 bridgehead atoms. The van der Waals surface area contributed by atoms with E-state index in [4.69, 9.17) is 11.6 Å². The van der Waals surface area contributed by atoms with Crippen LogP contribution in [0.25, 0.3) is 0 Å². The quantitative estimate of drug-likeness (QED) is 0.415. The standard InChI is InChI=1S/C4H7IN4S/c5-3-2(1-6)10-4(8-3)9-7/h1,6-7H2,(H,8,9). The number of nitrogens with two attached hydrogens (primary N) is 2. The number of hydrazine groups is 1.